The molecule has 3 heterocycles. The summed E-state index contributed by atoms with van der Waals surface area (Å²) in [7, 11) is 0. The Kier molecular flexibility index (Phi) is 3.59. The van der Waals surface area contributed by atoms with Crippen LogP contribution >= 0.6 is 11.8 Å². The lowest BCUT2D eigenvalue weighted by atomic mass is 10.2. The largest absolute Gasteiger partial charge is 0.338 e. The Bertz CT molecular complexity index is 1030. The van der Waals surface area contributed by atoms with E-state index in [-0.39, 0.29) is 0 Å². The van der Waals surface area contributed by atoms with Crippen LogP contribution < -0.4 is 0 Å². The van der Waals surface area contributed by atoms with Crippen LogP contribution in [0.2, 0.25) is 0 Å². The molecule has 4 nitrogen and oxygen atoms in total. The van der Waals surface area contributed by atoms with Crippen LogP contribution in [0.1, 0.15) is 12.0 Å². The summed E-state index contributed by atoms with van der Waals surface area (Å²) in [5.74, 6) is 1.89. The summed E-state index contributed by atoms with van der Waals surface area (Å²) in [5.41, 5.74) is 3.76. The first-order valence-electron chi connectivity index (χ1n) is 8.59. The molecule has 5 heteroatoms. The number of aromatic nitrogens is 4. The van der Waals surface area contributed by atoms with E-state index in [9.17, 15) is 0 Å². The number of fused-ring (bicyclic) bond motifs is 5. The van der Waals surface area contributed by atoms with Crippen molar-refractivity contribution in [1.82, 2.24) is 19.3 Å². The van der Waals surface area contributed by atoms with Crippen LogP contribution in [0.25, 0.3) is 22.4 Å². The molecule has 0 aliphatic carbocycles. The Morgan fingerprint density at radius 3 is 2.72 bits per heavy atom. The molecule has 0 radical (unpaired) electrons. The molecule has 0 unspecified atom stereocenters. The van der Waals surface area contributed by atoms with Gasteiger partial charge in [-0.25, -0.2) is 4.68 Å². The van der Waals surface area contributed by atoms with Crippen molar-refractivity contribution in [2.75, 3.05) is 0 Å². The van der Waals surface area contributed by atoms with Crippen molar-refractivity contribution in [3.63, 3.8) is 0 Å². The standard InChI is InChI=1S/C20H18N4S/c1-2-7-15(8-3-1)14-25-20-21-19-18-13-16-9-4-5-10-17(16)23(18)11-6-12-24(19)22-20/h1-5,7-10,13H,6,11-12,14H2. The molecule has 2 aromatic carbocycles. The maximum absolute atomic E-state index is 4.86. The fourth-order valence-electron chi connectivity index (χ4n) is 3.47. The van der Waals surface area contributed by atoms with Gasteiger partial charge in [0.2, 0.25) is 5.16 Å². The van der Waals surface area contributed by atoms with Crippen LogP contribution in [0.15, 0.2) is 65.8 Å². The molecule has 0 atom stereocenters. The first kappa shape index (κ1) is 14.8. The number of benzene rings is 2. The third-order valence-electron chi connectivity index (χ3n) is 4.65. The molecule has 0 N–H and O–H groups in total. The van der Waals surface area contributed by atoms with Crippen LogP contribution in [0.4, 0.5) is 0 Å². The van der Waals surface area contributed by atoms with Gasteiger partial charge in [0.25, 0.3) is 0 Å². The lowest BCUT2D eigenvalue weighted by Gasteiger charge is -2.04. The molecule has 2 aromatic heterocycles. The lowest BCUT2D eigenvalue weighted by molar-refractivity contribution is 0.552. The third-order valence-corrected chi connectivity index (χ3v) is 5.56. The summed E-state index contributed by atoms with van der Waals surface area (Å²) in [6.07, 6.45) is 1.07. The van der Waals surface area contributed by atoms with Gasteiger partial charge in [0.05, 0.1) is 5.69 Å². The highest BCUT2D eigenvalue weighted by Crippen LogP contribution is 2.31. The number of nitrogens with zero attached hydrogens (tertiary/aromatic N) is 4. The van der Waals surface area contributed by atoms with Crippen LogP contribution in [0.5, 0.6) is 0 Å². The Balaban J connectivity index is 1.51. The van der Waals surface area contributed by atoms with Gasteiger partial charge >= 0.3 is 0 Å². The monoisotopic (exact) mass is 346 g/mol. The maximum Gasteiger partial charge on any atom is 0.209 e. The zero-order valence-electron chi connectivity index (χ0n) is 13.8. The third kappa shape index (κ3) is 2.65. The van der Waals surface area contributed by atoms with Crippen LogP contribution in [0.3, 0.4) is 0 Å². The summed E-state index contributed by atoms with van der Waals surface area (Å²) in [5, 5.41) is 6.88. The second-order valence-corrected chi connectivity index (χ2v) is 7.25. The topological polar surface area (TPSA) is 35.6 Å². The Hall–Kier alpha value is -2.53. The average Bonchev–Trinajstić information content (AvgIpc) is 3.18. The fraction of sp³-hybridized carbons (Fsp3) is 0.200. The number of thioether (sulfide) groups is 1. The van der Waals surface area contributed by atoms with Crippen molar-refractivity contribution >= 4 is 22.7 Å². The van der Waals surface area contributed by atoms with Crippen molar-refractivity contribution in [2.24, 2.45) is 0 Å². The Morgan fingerprint density at radius 2 is 1.80 bits per heavy atom. The molecule has 4 aromatic rings. The molecule has 124 valence electrons. The number of para-hydroxylation sites is 1. The Labute approximate surface area is 150 Å². The average molecular weight is 346 g/mol. The first-order valence-corrected chi connectivity index (χ1v) is 9.57. The fourth-order valence-corrected chi connectivity index (χ4v) is 4.26. The van der Waals surface area contributed by atoms with Gasteiger partial charge in [-0.1, -0.05) is 60.3 Å². The van der Waals surface area contributed by atoms with E-state index in [1.807, 2.05) is 6.07 Å². The SMILES string of the molecule is c1ccc(CSc2nc3n(n2)CCCn2c-3cc3ccccc32)cc1. The molecule has 0 saturated carbocycles. The second-order valence-electron chi connectivity index (χ2n) is 6.31. The minimum absolute atomic E-state index is 0.859. The van der Waals surface area contributed by atoms with Gasteiger partial charge in [-0.3, -0.25) is 0 Å². The van der Waals surface area contributed by atoms with Crippen LogP contribution in [-0.4, -0.2) is 19.3 Å². The number of hydrogen-bond donors (Lipinski definition) is 0. The molecule has 25 heavy (non-hydrogen) atoms. The summed E-state index contributed by atoms with van der Waals surface area (Å²) in [4.78, 5) is 4.86. The lowest BCUT2D eigenvalue weighted by Crippen LogP contribution is -2.00. The van der Waals surface area contributed by atoms with Crippen molar-refractivity contribution < 1.29 is 0 Å². The van der Waals surface area contributed by atoms with Crippen molar-refractivity contribution in [3.05, 3.63) is 66.2 Å². The smallest absolute Gasteiger partial charge is 0.209 e. The van der Waals surface area contributed by atoms with Crippen molar-refractivity contribution in [1.29, 1.82) is 0 Å². The predicted molar refractivity (Wildman–Crippen MR) is 102 cm³/mol. The summed E-state index contributed by atoms with van der Waals surface area (Å²) < 4.78 is 4.46. The van der Waals surface area contributed by atoms with Gasteiger partial charge in [0.1, 0.15) is 0 Å². The van der Waals surface area contributed by atoms with Gasteiger partial charge in [-0.05, 0) is 24.1 Å². The van der Waals surface area contributed by atoms with Gasteiger partial charge in [-0.2, -0.15) is 4.98 Å². The quantitative estimate of drug-likeness (QED) is 0.509. The van der Waals surface area contributed by atoms with E-state index in [0.717, 1.165) is 36.2 Å². The zero-order valence-corrected chi connectivity index (χ0v) is 14.6. The minimum atomic E-state index is 0.859. The summed E-state index contributed by atoms with van der Waals surface area (Å²) >= 11 is 1.70. The molecule has 0 bridgehead atoms. The summed E-state index contributed by atoms with van der Waals surface area (Å²) in [6.45, 7) is 1.94. The zero-order chi connectivity index (χ0) is 16.6. The number of hydrogen-bond acceptors (Lipinski definition) is 3. The molecular weight excluding hydrogens is 328 g/mol. The van der Waals surface area contributed by atoms with Gasteiger partial charge in [0, 0.05) is 29.7 Å². The van der Waals surface area contributed by atoms with Gasteiger partial charge in [-0.15, -0.1) is 5.10 Å². The molecule has 1 aliphatic rings. The predicted octanol–water partition coefficient (Wildman–Crippen LogP) is 4.60. The minimum Gasteiger partial charge on any atom is -0.338 e. The molecule has 0 amide bonds. The highest BCUT2D eigenvalue weighted by atomic mass is 32.2. The van der Waals surface area contributed by atoms with Crippen molar-refractivity contribution in [3.8, 4) is 11.5 Å². The van der Waals surface area contributed by atoms with E-state index >= 15 is 0 Å². The highest BCUT2D eigenvalue weighted by Gasteiger charge is 2.20. The van der Waals surface area contributed by atoms with Gasteiger partial charge in [0.15, 0.2) is 5.82 Å². The van der Waals surface area contributed by atoms with E-state index in [1.165, 1.54) is 22.2 Å². The van der Waals surface area contributed by atoms with E-state index in [1.54, 1.807) is 11.8 Å². The van der Waals surface area contributed by atoms with E-state index in [4.69, 9.17) is 10.1 Å². The second kappa shape index (κ2) is 6.08. The van der Waals surface area contributed by atoms with Crippen LogP contribution in [-0.2, 0) is 18.8 Å². The number of aryl methyl sites for hydroxylation is 2. The van der Waals surface area contributed by atoms with Crippen molar-refractivity contribution in [2.45, 2.75) is 30.4 Å². The Morgan fingerprint density at radius 1 is 0.960 bits per heavy atom. The molecule has 0 spiro atoms. The number of rotatable bonds is 3. The molecule has 1 aliphatic heterocycles. The van der Waals surface area contributed by atoms with E-state index < -0.39 is 0 Å². The molecule has 0 saturated heterocycles. The van der Waals surface area contributed by atoms with E-state index in [0.29, 0.717) is 0 Å². The summed E-state index contributed by atoms with van der Waals surface area (Å²) in [6, 6.07) is 21.3. The normalized spacial score (nSPS) is 13.4. The molecule has 5 rings (SSSR count). The highest BCUT2D eigenvalue weighted by molar-refractivity contribution is 7.98. The molecular formula is C20H18N4S. The van der Waals surface area contributed by atoms with Gasteiger partial charge < -0.3 is 4.57 Å². The van der Waals surface area contributed by atoms with E-state index in [2.05, 4.69) is 63.8 Å². The maximum atomic E-state index is 4.86. The molecule has 0 fully saturated rings. The van der Waals surface area contributed by atoms with Crippen LogP contribution in [0, 0.1) is 0 Å². The first-order chi connectivity index (χ1) is 12.4.